The van der Waals surface area contributed by atoms with E-state index < -0.39 is 0 Å². The average molecular weight is 273 g/mol. The van der Waals surface area contributed by atoms with Gasteiger partial charge in [0.05, 0.1) is 6.61 Å². The van der Waals surface area contributed by atoms with E-state index in [4.69, 9.17) is 5.11 Å². The molecule has 20 heavy (non-hydrogen) atoms. The third kappa shape index (κ3) is 4.79. The van der Waals surface area contributed by atoms with E-state index in [1.807, 2.05) is 35.3 Å². The second-order valence-corrected chi connectivity index (χ2v) is 5.14. The molecule has 4 heteroatoms. The maximum absolute atomic E-state index is 9.00. The Hall–Kier alpha value is -1.65. The summed E-state index contributed by atoms with van der Waals surface area (Å²) in [6.45, 7) is 4.24. The van der Waals surface area contributed by atoms with E-state index in [1.165, 1.54) is 5.56 Å². The summed E-state index contributed by atoms with van der Waals surface area (Å²) in [6.07, 6.45) is 5.90. The molecule has 108 valence electrons. The van der Waals surface area contributed by atoms with Crippen LogP contribution in [0.15, 0.2) is 42.7 Å². The fraction of sp³-hybridized carbons (Fsp3) is 0.438. The number of aryl methyl sites for hydroxylation is 1. The molecular formula is C16H23N3O. The molecule has 0 aliphatic carbocycles. The molecule has 0 bridgehead atoms. The smallest absolute Gasteiger partial charge is 0.0681 e. The molecule has 2 rings (SSSR count). The van der Waals surface area contributed by atoms with Crippen molar-refractivity contribution in [3.8, 4) is 0 Å². The zero-order valence-corrected chi connectivity index (χ0v) is 12.0. The van der Waals surface area contributed by atoms with Gasteiger partial charge in [-0.3, -0.25) is 4.68 Å². The number of benzene rings is 1. The van der Waals surface area contributed by atoms with Gasteiger partial charge >= 0.3 is 0 Å². The number of nitrogens with one attached hydrogen (secondary N) is 1. The normalized spacial score (nSPS) is 12.5. The zero-order valence-electron chi connectivity index (χ0n) is 12.0. The predicted molar refractivity (Wildman–Crippen MR) is 80.4 cm³/mol. The molecular weight excluding hydrogens is 250 g/mol. The summed E-state index contributed by atoms with van der Waals surface area (Å²) in [4.78, 5) is 0. The van der Waals surface area contributed by atoms with E-state index in [1.54, 1.807) is 0 Å². The van der Waals surface area contributed by atoms with Gasteiger partial charge in [-0.15, -0.1) is 0 Å². The van der Waals surface area contributed by atoms with Crippen LogP contribution in [0.3, 0.4) is 0 Å². The second-order valence-electron chi connectivity index (χ2n) is 5.14. The first-order chi connectivity index (χ1) is 9.78. The SMILES string of the molecule is CC(CCn1cccn1)NCCc1ccc(CO)cc1. The van der Waals surface area contributed by atoms with Crippen LogP contribution in [0.5, 0.6) is 0 Å². The van der Waals surface area contributed by atoms with Crippen molar-refractivity contribution in [1.29, 1.82) is 0 Å². The number of aliphatic hydroxyl groups excluding tert-OH is 1. The highest BCUT2D eigenvalue weighted by Crippen LogP contribution is 2.05. The van der Waals surface area contributed by atoms with Gasteiger partial charge in [0.25, 0.3) is 0 Å². The molecule has 0 fully saturated rings. The van der Waals surface area contributed by atoms with E-state index in [-0.39, 0.29) is 6.61 Å². The van der Waals surface area contributed by atoms with Crippen molar-refractivity contribution in [2.75, 3.05) is 6.54 Å². The molecule has 1 aromatic heterocycles. The van der Waals surface area contributed by atoms with Crippen LogP contribution in [-0.2, 0) is 19.6 Å². The minimum absolute atomic E-state index is 0.114. The van der Waals surface area contributed by atoms with Gasteiger partial charge in [-0.25, -0.2) is 0 Å². The number of aliphatic hydroxyl groups is 1. The largest absolute Gasteiger partial charge is 0.392 e. The third-order valence-corrected chi connectivity index (χ3v) is 3.46. The van der Waals surface area contributed by atoms with Crippen LogP contribution in [0.1, 0.15) is 24.5 Å². The van der Waals surface area contributed by atoms with Crippen LogP contribution in [0.4, 0.5) is 0 Å². The van der Waals surface area contributed by atoms with Crippen molar-refractivity contribution >= 4 is 0 Å². The summed E-state index contributed by atoms with van der Waals surface area (Å²) >= 11 is 0. The van der Waals surface area contributed by atoms with E-state index in [9.17, 15) is 0 Å². The summed E-state index contributed by atoms with van der Waals surface area (Å²) in [6, 6.07) is 10.6. The topological polar surface area (TPSA) is 50.1 Å². The van der Waals surface area contributed by atoms with E-state index >= 15 is 0 Å². The Balaban J connectivity index is 1.64. The number of nitrogens with zero attached hydrogens (tertiary/aromatic N) is 2. The van der Waals surface area contributed by atoms with Gasteiger partial charge in [-0.1, -0.05) is 24.3 Å². The van der Waals surface area contributed by atoms with Crippen molar-refractivity contribution in [1.82, 2.24) is 15.1 Å². The van der Waals surface area contributed by atoms with Gasteiger partial charge < -0.3 is 10.4 Å². The number of hydrogen-bond donors (Lipinski definition) is 2. The number of aromatic nitrogens is 2. The van der Waals surface area contributed by atoms with Crippen molar-refractivity contribution in [3.05, 3.63) is 53.9 Å². The number of hydrogen-bond acceptors (Lipinski definition) is 3. The second kappa shape index (κ2) is 7.82. The van der Waals surface area contributed by atoms with Gasteiger partial charge in [-0.2, -0.15) is 5.10 Å². The molecule has 0 saturated carbocycles. The molecule has 0 aliphatic heterocycles. The van der Waals surface area contributed by atoms with Crippen LogP contribution >= 0.6 is 0 Å². The molecule has 2 aromatic rings. The Kier molecular flexibility index (Phi) is 5.77. The Bertz CT molecular complexity index is 479. The van der Waals surface area contributed by atoms with Crippen LogP contribution in [0.2, 0.25) is 0 Å². The molecule has 0 spiro atoms. The number of rotatable bonds is 8. The zero-order chi connectivity index (χ0) is 14.2. The van der Waals surface area contributed by atoms with E-state index in [0.717, 1.165) is 31.5 Å². The molecule has 4 nitrogen and oxygen atoms in total. The first-order valence-corrected chi connectivity index (χ1v) is 7.17. The summed E-state index contributed by atoms with van der Waals surface area (Å²) < 4.78 is 1.96. The van der Waals surface area contributed by atoms with Gasteiger partial charge in [0, 0.05) is 25.0 Å². The van der Waals surface area contributed by atoms with Crippen LogP contribution in [-0.4, -0.2) is 27.5 Å². The van der Waals surface area contributed by atoms with E-state index in [0.29, 0.717) is 6.04 Å². The summed E-state index contributed by atoms with van der Waals surface area (Å²) in [7, 11) is 0. The minimum atomic E-state index is 0.114. The van der Waals surface area contributed by atoms with Gasteiger partial charge in [-0.05, 0) is 43.5 Å². The third-order valence-electron chi connectivity index (χ3n) is 3.46. The van der Waals surface area contributed by atoms with Crippen LogP contribution < -0.4 is 5.32 Å². The molecule has 1 heterocycles. The Morgan fingerprint density at radius 1 is 1.25 bits per heavy atom. The van der Waals surface area contributed by atoms with Gasteiger partial charge in [0.1, 0.15) is 0 Å². The maximum atomic E-state index is 9.00. The highest BCUT2D eigenvalue weighted by molar-refractivity contribution is 5.22. The van der Waals surface area contributed by atoms with Crippen LogP contribution in [0, 0.1) is 0 Å². The first-order valence-electron chi connectivity index (χ1n) is 7.17. The average Bonchev–Trinajstić information content (AvgIpc) is 2.99. The molecule has 1 atom stereocenters. The molecule has 1 aromatic carbocycles. The standard InChI is InChI=1S/C16H23N3O/c1-14(8-12-19-11-2-9-18-19)17-10-7-15-3-5-16(13-20)6-4-15/h2-6,9,11,14,17,20H,7-8,10,12-13H2,1H3. The van der Waals surface area contributed by atoms with Crippen molar-refractivity contribution in [3.63, 3.8) is 0 Å². The molecule has 0 saturated heterocycles. The summed E-state index contributed by atoms with van der Waals surface area (Å²) in [5.41, 5.74) is 2.27. The van der Waals surface area contributed by atoms with Crippen molar-refractivity contribution in [2.24, 2.45) is 0 Å². The van der Waals surface area contributed by atoms with Crippen molar-refractivity contribution in [2.45, 2.75) is 39.0 Å². The summed E-state index contributed by atoms with van der Waals surface area (Å²) in [5, 5.41) is 16.7. The molecule has 2 N–H and O–H groups in total. The van der Waals surface area contributed by atoms with Gasteiger partial charge in [0.15, 0.2) is 0 Å². The lowest BCUT2D eigenvalue weighted by atomic mass is 10.1. The molecule has 1 unspecified atom stereocenters. The highest BCUT2D eigenvalue weighted by atomic mass is 16.3. The van der Waals surface area contributed by atoms with Crippen LogP contribution in [0.25, 0.3) is 0 Å². The first kappa shape index (κ1) is 14.8. The van der Waals surface area contributed by atoms with Crippen molar-refractivity contribution < 1.29 is 5.11 Å². The van der Waals surface area contributed by atoms with E-state index in [2.05, 4.69) is 29.5 Å². The lowest BCUT2D eigenvalue weighted by Gasteiger charge is -2.13. The molecule has 0 aliphatic rings. The fourth-order valence-corrected chi connectivity index (χ4v) is 2.13. The highest BCUT2D eigenvalue weighted by Gasteiger charge is 2.02. The lowest BCUT2D eigenvalue weighted by Crippen LogP contribution is -2.29. The Morgan fingerprint density at radius 2 is 2.00 bits per heavy atom. The predicted octanol–water partition coefficient (Wildman–Crippen LogP) is 1.99. The summed E-state index contributed by atoms with van der Waals surface area (Å²) in [5.74, 6) is 0. The minimum Gasteiger partial charge on any atom is -0.392 e. The van der Waals surface area contributed by atoms with Gasteiger partial charge in [0.2, 0.25) is 0 Å². The monoisotopic (exact) mass is 273 g/mol. The Labute approximate surface area is 120 Å². The maximum Gasteiger partial charge on any atom is 0.0681 e. The molecule has 0 radical (unpaired) electrons. The fourth-order valence-electron chi connectivity index (χ4n) is 2.13. The Morgan fingerprint density at radius 3 is 2.65 bits per heavy atom. The lowest BCUT2D eigenvalue weighted by molar-refractivity contribution is 0.282. The quantitative estimate of drug-likeness (QED) is 0.773. The molecule has 0 amide bonds.